The van der Waals surface area contributed by atoms with Crippen molar-refractivity contribution in [3.8, 4) is 5.75 Å². The number of halogens is 1. The second-order valence-electron chi connectivity index (χ2n) is 7.28. The van der Waals surface area contributed by atoms with E-state index in [0.717, 1.165) is 6.42 Å². The molecule has 0 spiro atoms. The van der Waals surface area contributed by atoms with E-state index in [9.17, 15) is 9.59 Å². The number of amides is 2. The van der Waals surface area contributed by atoms with E-state index < -0.39 is 5.91 Å². The van der Waals surface area contributed by atoms with Crippen LogP contribution < -0.4 is 10.1 Å². The number of pyridine rings is 1. The maximum atomic E-state index is 13.3. The second kappa shape index (κ2) is 9.66. The van der Waals surface area contributed by atoms with Crippen molar-refractivity contribution in [2.45, 2.75) is 19.9 Å². The van der Waals surface area contributed by atoms with Crippen LogP contribution >= 0.6 is 11.6 Å². The topological polar surface area (TPSA) is 71.5 Å². The molecule has 4 rings (SSSR count). The van der Waals surface area contributed by atoms with Gasteiger partial charge in [0.15, 0.2) is 0 Å². The van der Waals surface area contributed by atoms with Gasteiger partial charge in [-0.25, -0.2) is 0 Å². The molecule has 0 saturated heterocycles. The number of carbonyl (C=O) groups is 2. The molecule has 1 N–H and O–H groups in total. The fourth-order valence-electron chi connectivity index (χ4n) is 3.40. The SMILES string of the molecule is CCCOc1cccc(NC2=C(c3ccc(Cl)cc3)C(=O)N(Cc3ccccn3)C2=O)c1. The molecule has 6 nitrogen and oxygen atoms in total. The Morgan fingerprint density at radius 2 is 1.81 bits per heavy atom. The third-order valence-corrected chi connectivity index (χ3v) is 5.18. The molecule has 0 unspecified atom stereocenters. The Labute approximate surface area is 191 Å². The largest absolute Gasteiger partial charge is 0.494 e. The fourth-order valence-corrected chi connectivity index (χ4v) is 3.53. The summed E-state index contributed by atoms with van der Waals surface area (Å²) in [5.74, 6) is -0.109. The van der Waals surface area contributed by atoms with E-state index in [1.165, 1.54) is 4.90 Å². The van der Waals surface area contributed by atoms with Gasteiger partial charge in [-0.05, 0) is 48.4 Å². The molecule has 162 valence electrons. The van der Waals surface area contributed by atoms with Crippen molar-refractivity contribution >= 4 is 34.7 Å². The number of carbonyl (C=O) groups excluding carboxylic acids is 2. The molecule has 3 aromatic rings. The van der Waals surface area contributed by atoms with Crippen LogP contribution in [0.15, 0.2) is 78.6 Å². The monoisotopic (exact) mass is 447 g/mol. The number of nitrogens with one attached hydrogen (secondary N) is 1. The van der Waals surface area contributed by atoms with Crippen LogP contribution in [0.4, 0.5) is 5.69 Å². The van der Waals surface area contributed by atoms with Crippen LogP contribution in [0, 0.1) is 0 Å². The van der Waals surface area contributed by atoms with Crippen molar-refractivity contribution in [2.75, 3.05) is 11.9 Å². The molecule has 1 aliphatic rings. The van der Waals surface area contributed by atoms with E-state index in [4.69, 9.17) is 16.3 Å². The number of hydrogen-bond donors (Lipinski definition) is 1. The van der Waals surface area contributed by atoms with Gasteiger partial charge in [-0.3, -0.25) is 19.5 Å². The average molecular weight is 448 g/mol. The summed E-state index contributed by atoms with van der Waals surface area (Å²) < 4.78 is 5.69. The molecule has 0 bridgehead atoms. The summed E-state index contributed by atoms with van der Waals surface area (Å²) in [5, 5.41) is 3.70. The second-order valence-corrected chi connectivity index (χ2v) is 7.71. The van der Waals surface area contributed by atoms with Crippen molar-refractivity contribution in [1.29, 1.82) is 0 Å². The number of imide groups is 1. The molecule has 0 aliphatic carbocycles. The first kappa shape index (κ1) is 21.6. The summed E-state index contributed by atoms with van der Waals surface area (Å²) in [6.07, 6.45) is 2.52. The van der Waals surface area contributed by atoms with E-state index in [-0.39, 0.29) is 18.1 Å². The number of rotatable bonds is 8. The minimum absolute atomic E-state index is 0.0838. The van der Waals surface area contributed by atoms with Gasteiger partial charge in [0.1, 0.15) is 11.4 Å². The van der Waals surface area contributed by atoms with Gasteiger partial charge < -0.3 is 10.1 Å². The summed E-state index contributed by atoms with van der Waals surface area (Å²) in [6.45, 7) is 2.71. The Morgan fingerprint density at radius 1 is 1.00 bits per heavy atom. The highest BCUT2D eigenvalue weighted by atomic mass is 35.5. The molecule has 1 aromatic heterocycles. The Hall–Kier alpha value is -3.64. The molecule has 2 amide bonds. The molecular formula is C25H22ClN3O3. The highest BCUT2D eigenvalue weighted by molar-refractivity contribution is 6.36. The normalized spacial score (nSPS) is 13.6. The average Bonchev–Trinajstić information content (AvgIpc) is 3.03. The Bertz CT molecular complexity index is 1160. The zero-order valence-corrected chi connectivity index (χ0v) is 18.3. The minimum Gasteiger partial charge on any atom is -0.494 e. The van der Waals surface area contributed by atoms with E-state index in [2.05, 4.69) is 10.3 Å². The van der Waals surface area contributed by atoms with Gasteiger partial charge in [0.05, 0.1) is 24.4 Å². The molecule has 0 atom stereocenters. The molecule has 0 fully saturated rings. The van der Waals surface area contributed by atoms with Gasteiger partial charge in [0.2, 0.25) is 0 Å². The molecule has 0 saturated carbocycles. The molecular weight excluding hydrogens is 426 g/mol. The summed E-state index contributed by atoms with van der Waals surface area (Å²) in [6, 6.07) is 19.6. The van der Waals surface area contributed by atoms with Crippen LogP contribution in [0.25, 0.3) is 5.57 Å². The van der Waals surface area contributed by atoms with Gasteiger partial charge in [-0.2, -0.15) is 0 Å². The van der Waals surface area contributed by atoms with Crippen LogP contribution in [-0.2, 0) is 16.1 Å². The first-order valence-corrected chi connectivity index (χ1v) is 10.7. The van der Waals surface area contributed by atoms with Crippen LogP contribution in [0.3, 0.4) is 0 Å². The zero-order chi connectivity index (χ0) is 22.5. The van der Waals surface area contributed by atoms with E-state index in [0.29, 0.717) is 39.9 Å². The molecule has 1 aliphatic heterocycles. The van der Waals surface area contributed by atoms with Crippen molar-refractivity contribution in [1.82, 2.24) is 9.88 Å². The van der Waals surface area contributed by atoms with Crippen molar-refractivity contribution in [3.63, 3.8) is 0 Å². The first-order valence-electron chi connectivity index (χ1n) is 10.3. The van der Waals surface area contributed by atoms with Gasteiger partial charge in [0.25, 0.3) is 11.8 Å². The molecule has 2 aromatic carbocycles. The Kier molecular flexibility index (Phi) is 6.52. The van der Waals surface area contributed by atoms with Crippen LogP contribution in [0.1, 0.15) is 24.6 Å². The first-order chi connectivity index (χ1) is 15.6. The van der Waals surface area contributed by atoms with Gasteiger partial charge in [0, 0.05) is 23.0 Å². The third kappa shape index (κ3) is 4.65. The predicted octanol–water partition coefficient (Wildman–Crippen LogP) is 4.92. The highest BCUT2D eigenvalue weighted by Gasteiger charge is 2.39. The van der Waals surface area contributed by atoms with Gasteiger partial charge >= 0.3 is 0 Å². The molecule has 0 radical (unpaired) electrons. The number of ether oxygens (including phenoxy) is 1. The number of benzene rings is 2. The van der Waals surface area contributed by atoms with Crippen LogP contribution in [0.2, 0.25) is 5.02 Å². The van der Waals surface area contributed by atoms with Crippen molar-refractivity contribution < 1.29 is 14.3 Å². The van der Waals surface area contributed by atoms with Crippen molar-refractivity contribution in [2.24, 2.45) is 0 Å². The van der Waals surface area contributed by atoms with Gasteiger partial charge in [-0.1, -0.05) is 42.8 Å². The number of nitrogens with zero attached hydrogens (tertiary/aromatic N) is 2. The summed E-state index contributed by atoms with van der Waals surface area (Å²) in [4.78, 5) is 32.1. The smallest absolute Gasteiger partial charge is 0.278 e. The molecule has 7 heteroatoms. The third-order valence-electron chi connectivity index (χ3n) is 4.92. The van der Waals surface area contributed by atoms with E-state index in [1.54, 1.807) is 48.7 Å². The van der Waals surface area contributed by atoms with E-state index >= 15 is 0 Å². The minimum atomic E-state index is -0.412. The van der Waals surface area contributed by atoms with Gasteiger partial charge in [-0.15, -0.1) is 0 Å². The zero-order valence-electron chi connectivity index (χ0n) is 17.5. The van der Waals surface area contributed by atoms with Crippen molar-refractivity contribution in [3.05, 3.63) is 94.9 Å². The van der Waals surface area contributed by atoms with E-state index in [1.807, 2.05) is 31.2 Å². The quantitative estimate of drug-likeness (QED) is 0.496. The summed E-state index contributed by atoms with van der Waals surface area (Å²) >= 11 is 6.03. The fraction of sp³-hybridized carbons (Fsp3) is 0.160. The lowest BCUT2D eigenvalue weighted by Gasteiger charge is -2.15. The number of anilines is 1. The summed E-state index contributed by atoms with van der Waals surface area (Å²) in [7, 11) is 0. The lowest BCUT2D eigenvalue weighted by atomic mass is 10.0. The number of aromatic nitrogens is 1. The Morgan fingerprint density at radius 3 is 2.53 bits per heavy atom. The highest BCUT2D eigenvalue weighted by Crippen LogP contribution is 2.32. The predicted molar refractivity (Wildman–Crippen MR) is 124 cm³/mol. The summed E-state index contributed by atoms with van der Waals surface area (Å²) in [5.41, 5.74) is 2.39. The number of hydrogen-bond acceptors (Lipinski definition) is 5. The lowest BCUT2D eigenvalue weighted by Crippen LogP contribution is -2.32. The lowest BCUT2D eigenvalue weighted by molar-refractivity contribution is -0.137. The molecule has 32 heavy (non-hydrogen) atoms. The van der Waals surface area contributed by atoms with Crippen LogP contribution in [0.5, 0.6) is 5.75 Å². The van der Waals surface area contributed by atoms with Crippen LogP contribution in [-0.4, -0.2) is 28.3 Å². The maximum absolute atomic E-state index is 13.3. The maximum Gasteiger partial charge on any atom is 0.278 e. The molecule has 2 heterocycles. The Balaban J connectivity index is 1.70. The standard InChI is InChI=1S/C25H22ClN3O3/c1-2-14-32-21-8-5-7-19(15-21)28-23-22(17-9-11-18(26)12-10-17)24(30)29(25(23)31)16-20-6-3-4-13-27-20/h3-13,15,28H,2,14,16H2,1H3.